The van der Waals surface area contributed by atoms with Gasteiger partial charge in [-0.3, -0.25) is 4.79 Å². The van der Waals surface area contributed by atoms with Crippen molar-refractivity contribution in [3.05, 3.63) is 42.0 Å². The number of carbonyl (C=O) groups is 1. The van der Waals surface area contributed by atoms with E-state index in [1.54, 1.807) is 18.4 Å². The summed E-state index contributed by atoms with van der Waals surface area (Å²) in [4.78, 5) is 23.9. The van der Waals surface area contributed by atoms with Gasteiger partial charge in [0.05, 0.1) is 24.7 Å². The van der Waals surface area contributed by atoms with Gasteiger partial charge in [-0.2, -0.15) is 0 Å². The fourth-order valence-electron chi connectivity index (χ4n) is 2.48. The van der Waals surface area contributed by atoms with Crippen molar-refractivity contribution in [1.82, 2.24) is 9.97 Å². The normalized spacial score (nSPS) is 10.6. The molecule has 124 valence electrons. The van der Waals surface area contributed by atoms with E-state index < -0.39 is 0 Å². The van der Waals surface area contributed by atoms with Gasteiger partial charge in [0.25, 0.3) is 0 Å². The van der Waals surface area contributed by atoms with Gasteiger partial charge in [-0.1, -0.05) is 12.1 Å². The number of likely N-dealkylation sites (N-methyl/N-ethyl adjacent to an activating group) is 1. The van der Waals surface area contributed by atoms with Crippen molar-refractivity contribution >= 4 is 39.0 Å². The molecule has 7 heteroatoms. The third kappa shape index (κ3) is 3.30. The van der Waals surface area contributed by atoms with Gasteiger partial charge in [0, 0.05) is 6.54 Å². The van der Waals surface area contributed by atoms with Crippen LogP contribution in [0.15, 0.2) is 42.0 Å². The third-order valence-electron chi connectivity index (χ3n) is 3.64. The van der Waals surface area contributed by atoms with Gasteiger partial charge in [0.2, 0.25) is 5.91 Å². The molecular formula is C17H18N4O2S. The highest BCUT2D eigenvalue weighted by Crippen LogP contribution is 2.27. The summed E-state index contributed by atoms with van der Waals surface area (Å²) in [7, 11) is 1.58. The number of thiophene rings is 1. The smallest absolute Gasteiger partial charge is 0.244 e. The topological polar surface area (TPSA) is 67.4 Å². The molecule has 3 rings (SSSR count). The fraction of sp³-hybridized carbons (Fsp3) is 0.235. The zero-order valence-electron chi connectivity index (χ0n) is 13.5. The Kier molecular flexibility index (Phi) is 4.90. The molecule has 0 fully saturated rings. The number of ether oxygens (including phenoxy) is 1. The molecule has 0 bridgehead atoms. The number of methoxy groups -OCH3 is 1. The van der Waals surface area contributed by atoms with Crippen molar-refractivity contribution < 1.29 is 9.53 Å². The number of hydrogen-bond donors (Lipinski definition) is 1. The van der Waals surface area contributed by atoms with Crippen molar-refractivity contribution in [3.8, 4) is 5.75 Å². The quantitative estimate of drug-likeness (QED) is 0.745. The lowest BCUT2D eigenvalue weighted by Crippen LogP contribution is -2.33. The number of nitrogens with one attached hydrogen (secondary N) is 1. The molecular weight excluding hydrogens is 324 g/mol. The van der Waals surface area contributed by atoms with E-state index in [1.807, 2.05) is 47.5 Å². The van der Waals surface area contributed by atoms with Crippen LogP contribution in [0.3, 0.4) is 0 Å². The predicted octanol–water partition coefficient (Wildman–Crippen LogP) is 3.16. The summed E-state index contributed by atoms with van der Waals surface area (Å²) in [6.07, 6.45) is 1.54. The van der Waals surface area contributed by atoms with Crippen LogP contribution in [0.1, 0.15) is 6.92 Å². The van der Waals surface area contributed by atoms with Gasteiger partial charge in [0.15, 0.2) is 0 Å². The van der Waals surface area contributed by atoms with Crippen molar-refractivity contribution in [2.24, 2.45) is 0 Å². The minimum atomic E-state index is -0.122. The first-order valence-corrected chi connectivity index (χ1v) is 8.47. The maximum atomic E-state index is 12.4. The van der Waals surface area contributed by atoms with Crippen molar-refractivity contribution in [2.75, 3.05) is 30.4 Å². The molecule has 0 unspecified atom stereocenters. The number of aromatic nitrogens is 2. The van der Waals surface area contributed by atoms with Crippen molar-refractivity contribution in [2.45, 2.75) is 6.92 Å². The second-order valence-electron chi connectivity index (χ2n) is 5.10. The summed E-state index contributed by atoms with van der Waals surface area (Å²) in [6.45, 7) is 2.87. The summed E-state index contributed by atoms with van der Waals surface area (Å²) in [6, 6.07) is 9.33. The second kappa shape index (κ2) is 7.27. The number of para-hydroxylation sites is 2. The Morgan fingerprint density at radius 1 is 1.29 bits per heavy atom. The van der Waals surface area contributed by atoms with E-state index >= 15 is 0 Å². The number of benzene rings is 1. The number of anilines is 2. The SMILES string of the molecule is CCN(CC(=O)Nc1ccccc1OC)c1ncnc2sccc12. The first kappa shape index (κ1) is 16.2. The Morgan fingerprint density at radius 3 is 2.92 bits per heavy atom. The summed E-state index contributed by atoms with van der Waals surface area (Å²) < 4.78 is 5.26. The van der Waals surface area contributed by atoms with Crippen LogP contribution in [0.25, 0.3) is 10.2 Å². The highest BCUT2D eigenvalue weighted by molar-refractivity contribution is 7.16. The van der Waals surface area contributed by atoms with Gasteiger partial charge >= 0.3 is 0 Å². The van der Waals surface area contributed by atoms with E-state index in [4.69, 9.17) is 4.74 Å². The average Bonchev–Trinajstić information content (AvgIpc) is 3.09. The molecule has 1 aromatic carbocycles. The minimum Gasteiger partial charge on any atom is -0.495 e. The third-order valence-corrected chi connectivity index (χ3v) is 4.46. The summed E-state index contributed by atoms with van der Waals surface area (Å²) in [5.74, 6) is 1.29. The first-order valence-electron chi connectivity index (χ1n) is 7.59. The summed E-state index contributed by atoms with van der Waals surface area (Å²) in [5.41, 5.74) is 0.657. The van der Waals surface area contributed by atoms with Gasteiger partial charge in [-0.15, -0.1) is 11.3 Å². The lowest BCUT2D eigenvalue weighted by atomic mass is 10.3. The number of rotatable bonds is 6. The summed E-state index contributed by atoms with van der Waals surface area (Å²) in [5, 5.41) is 5.84. The monoisotopic (exact) mass is 342 g/mol. The number of carbonyl (C=O) groups excluding carboxylic acids is 1. The van der Waals surface area contributed by atoms with Crippen LogP contribution in [-0.2, 0) is 4.79 Å². The highest BCUT2D eigenvalue weighted by atomic mass is 32.1. The van der Waals surface area contributed by atoms with Gasteiger partial charge in [0.1, 0.15) is 22.7 Å². The van der Waals surface area contributed by atoms with Crippen LogP contribution in [0.2, 0.25) is 0 Å². The second-order valence-corrected chi connectivity index (χ2v) is 5.99. The van der Waals surface area contributed by atoms with Crippen LogP contribution in [0.5, 0.6) is 5.75 Å². The molecule has 2 aromatic heterocycles. The van der Waals surface area contributed by atoms with Gasteiger partial charge < -0.3 is 15.0 Å². The van der Waals surface area contributed by atoms with Crippen LogP contribution >= 0.6 is 11.3 Å². The Morgan fingerprint density at radius 2 is 2.12 bits per heavy atom. The van der Waals surface area contributed by atoms with Crippen molar-refractivity contribution in [1.29, 1.82) is 0 Å². The molecule has 24 heavy (non-hydrogen) atoms. The number of nitrogens with zero attached hydrogens (tertiary/aromatic N) is 3. The van der Waals surface area contributed by atoms with E-state index in [9.17, 15) is 4.79 Å². The number of amides is 1. The van der Waals surface area contributed by atoms with Crippen molar-refractivity contribution in [3.63, 3.8) is 0 Å². The van der Waals surface area contributed by atoms with Crippen LogP contribution in [0.4, 0.5) is 11.5 Å². The zero-order valence-corrected chi connectivity index (χ0v) is 14.3. The Balaban J connectivity index is 1.78. The molecule has 0 saturated heterocycles. The Bertz CT molecular complexity index is 849. The molecule has 0 aliphatic carbocycles. The van der Waals surface area contributed by atoms with E-state index in [0.29, 0.717) is 18.0 Å². The molecule has 0 aliphatic heterocycles. The molecule has 3 aromatic rings. The molecule has 0 saturated carbocycles. The largest absolute Gasteiger partial charge is 0.495 e. The lowest BCUT2D eigenvalue weighted by molar-refractivity contribution is -0.115. The molecule has 0 atom stereocenters. The molecule has 2 heterocycles. The zero-order chi connectivity index (χ0) is 16.9. The van der Waals surface area contributed by atoms with Crippen LogP contribution < -0.4 is 15.0 Å². The van der Waals surface area contributed by atoms with Crippen LogP contribution in [-0.4, -0.2) is 36.1 Å². The Hall–Kier alpha value is -2.67. The molecule has 0 aliphatic rings. The average molecular weight is 342 g/mol. The molecule has 6 nitrogen and oxygen atoms in total. The molecule has 1 amide bonds. The van der Waals surface area contributed by atoms with E-state index in [0.717, 1.165) is 16.0 Å². The van der Waals surface area contributed by atoms with E-state index in [-0.39, 0.29) is 12.5 Å². The predicted molar refractivity (Wildman–Crippen MR) is 96.9 cm³/mol. The molecule has 0 spiro atoms. The minimum absolute atomic E-state index is 0.122. The van der Waals surface area contributed by atoms with E-state index in [2.05, 4.69) is 15.3 Å². The molecule has 1 N–H and O–H groups in total. The van der Waals surface area contributed by atoms with Gasteiger partial charge in [-0.05, 0) is 30.5 Å². The number of hydrogen-bond acceptors (Lipinski definition) is 6. The first-order chi connectivity index (χ1) is 11.7. The maximum Gasteiger partial charge on any atom is 0.244 e. The Labute approximate surface area is 144 Å². The van der Waals surface area contributed by atoms with Gasteiger partial charge in [-0.25, -0.2) is 9.97 Å². The van der Waals surface area contributed by atoms with Crippen LogP contribution in [0, 0.1) is 0 Å². The summed E-state index contributed by atoms with van der Waals surface area (Å²) >= 11 is 1.56. The highest BCUT2D eigenvalue weighted by Gasteiger charge is 2.16. The number of fused-ring (bicyclic) bond motifs is 1. The van der Waals surface area contributed by atoms with E-state index in [1.165, 1.54) is 6.33 Å². The fourth-order valence-corrected chi connectivity index (χ4v) is 3.20. The standard InChI is InChI=1S/C17H18N4O2S/c1-3-21(16-12-8-9-24-17(12)19-11-18-16)10-15(22)20-13-6-4-5-7-14(13)23-2/h4-9,11H,3,10H2,1-2H3,(H,20,22). The lowest BCUT2D eigenvalue weighted by Gasteiger charge is -2.22. The molecule has 0 radical (unpaired) electrons. The maximum absolute atomic E-state index is 12.4.